The molecule has 0 fully saturated rings. The average Bonchev–Trinajstić information content (AvgIpc) is 2.41. The molecule has 7 heteroatoms. The Kier molecular flexibility index (Phi) is 7.66. The van der Waals surface area contributed by atoms with E-state index in [9.17, 15) is 0 Å². The largest absolute Gasteiger partial charge is 0.432 e. The summed E-state index contributed by atoms with van der Waals surface area (Å²) in [6, 6.07) is 8.87. The van der Waals surface area contributed by atoms with E-state index in [0.29, 0.717) is 6.23 Å². The van der Waals surface area contributed by atoms with Crippen LogP contribution in [0.5, 0.6) is 0 Å². The summed E-state index contributed by atoms with van der Waals surface area (Å²) in [5.74, 6) is 0. The second-order valence-corrected chi connectivity index (χ2v) is 26.6. The summed E-state index contributed by atoms with van der Waals surface area (Å²) >= 11 is 0. The van der Waals surface area contributed by atoms with Crippen molar-refractivity contribution in [3.63, 3.8) is 0 Å². The molecule has 0 heterocycles. The standard InChI is InChI=1S/C18H38O3Si4/c1-11-17-12-14-18(15-13-17)25(20-23(5,6)7,21-24(8,9)10)16-19-22(2,3)4/h12-15H,11,16H2,1-10H3. The first-order valence-electron chi connectivity index (χ1n) is 9.29. The summed E-state index contributed by atoms with van der Waals surface area (Å²) in [5.41, 5.74) is 1.35. The Morgan fingerprint density at radius 1 is 0.680 bits per heavy atom. The summed E-state index contributed by atoms with van der Waals surface area (Å²) < 4.78 is 20.1. The smallest absolute Gasteiger partial charge is 0.377 e. The molecule has 0 aliphatic carbocycles. The fourth-order valence-corrected chi connectivity index (χ4v) is 15.8. The lowest BCUT2D eigenvalue weighted by Gasteiger charge is -2.42. The Bertz CT molecular complexity index is 523. The molecule has 0 aliphatic rings. The van der Waals surface area contributed by atoms with E-state index in [4.69, 9.17) is 12.7 Å². The number of benzene rings is 1. The lowest BCUT2D eigenvalue weighted by molar-refractivity contribution is 0.295. The molecule has 0 radical (unpaired) electrons. The van der Waals surface area contributed by atoms with Crippen LogP contribution < -0.4 is 5.19 Å². The van der Waals surface area contributed by atoms with Gasteiger partial charge in [-0.2, -0.15) is 0 Å². The second-order valence-electron chi connectivity index (χ2n) is 9.63. The van der Waals surface area contributed by atoms with Gasteiger partial charge in [0.25, 0.3) is 0 Å². The van der Waals surface area contributed by atoms with Crippen LogP contribution >= 0.6 is 0 Å². The number of aryl methyl sites for hydroxylation is 1. The first kappa shape index (κ1) is 23.0. The van der Waals surface area contributed by atoms with Crippen molar-refractivity contribution in [1.29, 1.82) is 0 Å². The zero-order valence-corrected chi connectivity index (χ0v) is 21.9. The molecule has 0 amide bonds. The lowest BCUT2D eigenvalue weighted by Crippen LogP contribution is -2.66. The first-order valence-corrected chi connectivity index (χ1v) is 21.5. The van der Waals surface area contributed by atoms with Gasteiger partial charge in [0.15, 0.2) is 25.0 Å². The molecule has 0 atom stereocenters. The van der Waals surface area contributed by atoms with E-state index in [0.717, 1.165) is 6.42 Å². The van der Waals surface area contributed by atoms with Crippen LogP contribution in [0.1, 0.15) is 12.5 Å². The van der Waals surface area contributed by atoms with Gasteiger partial charge in [0, 0.05) is 0 Å². The predicted molar refractivity (Wildman–Crippen MR) is 119 cm³/mol. The molecule has 144 valence electrons. The highest BCUT2D eigenvalue weighted by Crippen LogP contribution is 2.23. The molecule has 1 aromatic carbocycles. The minimum atomic E-state index is -2.65. The van der Waals surface area contributed by atoms with Crippen LogP contribution in [0.25, 0.3) is 0 Å². The summed E-state index contributed by atoms with van der Waals surface area (Å²) in [5, 5.41) is 1.22. The van der Waals surface area contributed by atoms with Crippen LogP contribution in [0.4, 0.5) is 0 Å². The Hall–Kier alpha value is -0.0325. The molecule has 25 heavy (non-hydrogen) atoms. The van der Waals surface area contributed by atoms with Gasteiger partial charge in [0.2, 0.25) is 0 Å². The SMILES string of the molecule is CCc1ccc([Si](CO[Si](C)(C)C)(O[Si](C)(C)C)O[Si](C)(C)C)cc1. The van der Waals surface area contributed by atoms with Gasteiger partial charge in [-0.1, -0.05) is 31.2 Å². The third-order valence-electron chi connectivity index (χ3n) is 3.44. The van der Waals surface area contributed by atoms with Crippen molar-refractivity contribution in [2.24, 2.45) is 0 Å². The molecule has 0 aromatic heterocycles. The van der Waals surface area contributed by atoms with E-state index < -0.39 is 33.5 Å². The second kappa shape index (κ2) is 8.33. The van der Waals surface area contributed by atoms with Gasteiger partial charge in [-0.15, -0.1) is 0 Å². The van der Waals surface area contributed by atoms with Gasteiger partial charge in [0.05, 0.1) is 6.23 Å². The Morgan fingerprint density at radius 3 is 1.44 bits per heavy atom. The van der Waals surface area contributed by atoms with Crippen molar-refractivity contribution >= 4 is 38.7 Å². The monoisotopic (exact) mass is 414 g/mol. The van der Waals surface area contributed by atoms with Gasteiger partial charge < -0.3 is 12.7 Å². The number of hydrogen-bond acceptors (Lipinski definition) is 3. The van der Waals surface area contributed by atoms with Crippen molar-refractivity contribution in [2.75, 3.05) is 6.23 Å². The zero-order chi connectivity index (χ0) is 19.5. The topological polar surface area (TPSA) is 27.7 Å². The number of rotatable bonds is 9. The maximum absolute atomic E-state index is 6.84. The predicted octanol–water partition coefficient (Wildman–Crippen LogP) is 4.99. The third kappa shape index (κ3) is 8.46. The molecule has 0 N–H and O–H groups in total. The van der Waals surface area contributed by atoms with Gasteiger partial charge >= 0.3 is 8.56 Å². The Labute approximate surface area is 159 Å². The summed E-state index contributed by atoms with van der Waals surface area (Å²) in [6.45, 7) is 22.4. The molecule has 0 aliphatic heterocycles. The van der Waals surface area contributed by atoms with E-state index in [1.165, 1.54) is 10.8 Å². The van der Waals surface area contributed by atoms with Gasteiger partial charge in [-0.3, -0.25) is 0 Å². The van der Waals surface area contributed by atoms with E-state index in [1.54, 1.807) is 0 Å². The quantitative estimate of drug-likeness (QED) is 0.533. The summed E-state index contributed by atoms with van der Waals surface area (Å²) in [4.78, 5) is 0. The van der Waals surface area contributed by atoms with E-state index >= 15 is 0 Å². The minimum Gasteiger partial charge on any atom is -0.432 e. The molecule has 0 unspecified atom stereocenters. The summed E-state index contributed by atoms with van der Waals surface area (Å²) in [7, 11) is -7.91. The van der Waals surface area contributed by atoms with Crippen LogP contribution in [0, 0.1) is 0 Å². The highest BCUT2D eigenvalue weighted by atomic mass is 28.5. The normalized spacial score (nSPS) is 14.0. The third-order valence-corrected chi connectivity index (χ3v) is 14.0. The van der Waals surface area contributed by atoms with Crippen molar-refractivity contribution < 1.29 is 12.7 Å². The Balaban J connectivity index is 3.39. The van der Waals surface area contributed by atoms with Gasteiger partial charge in [-0.05, 0) is 76.1 Å². The van der Waals surface area contributed by atoms with Crippen LogP contribution in [0.3, 0.4) is 0 Å². The lowest BCUT2D eigenvalue weighted by atomic mass is 10.2. The van der Waals surface area contributed by atoms with Gasteiger partial charge in [-0.25, -0.2) is 0 Å². The average molecular weight is 415 g/mol. The Morgan fingerprint density at radius 2 is 1.12 bits per heavy atom. The molecule has 0 bridgehead atoms. The fraction of sp³-hybridized carbons (Fsp3) is 0.667. The van der Waals surface area contributed by atoms with E-state index in [2.05, 4.69) is 90.1 Å². The molecule has 1 rings (SSSR count). The van der Waals surface area contributed by atoms with Crippen LogP contribution in [0.15, 0.2) is 24.3 Å². The molecule has 1 aromatic rings. The highest BCUT2D eigenvalue weighted by Gasteiger charge is 2.47. The van der Waals surface area contributed by atoms with Gasteiger partial charge in [0.1, 0.15) is 0 Å². The first-order chi connectivity index (χ1) is 11.2. The van der Waals surface area contributed by atoms with Crippen molar-refractivity contribution in [3.8, 4) is 0 Å². The highest BCUT2D eigenvalue weighted by molar-refractivity contribution is 6.95. The van der Waals surface area contributed by atoms with Crippen molar-refractivity contribution in [1.82, 2.24) is 0 Å². The molecular formula is C18H38O3Si4. The fourth-order valence-electron chi connectivity index (χ4n) is 2.58. The van der Waals surface area contributed by atoms with Crippen LogP contribution in [-0.2, 0) is 19.1 Å². The van der Waals surface area contributed by atoms with E-state index in [1.807, 2.05) is 0 Å². The molecule has 0 saturated heterocycles. The van der Waals surface area contributed by atoms with E-state index in [-0.39, 0.29) is 0 Å². The maximum Gasteiger partial charge on any atom is 0.377 e. The zero-order valence-electron chi connectivity index (χ0n) is 17.9. The molecule has 0 spiro atoms. The van der Waals surface area contributed by atoms with Crippen molar-refractivity contribution in [2.45, 2.75) is 72.3 Å². The van der Waals surface area contributed by atoms with Crippen LogP contribution in [-0.4, -0.2) is 39.7 Å². The molecule has 0 saturated carbocycles. The molecule has 3 nitrogen and oxygen atoms in total. The minimum absolute atomic E-state index is 0.600. The maximum atomic E-state index is 6.84. The van der Waals surface area contributed by atoms with Crippen molar-refractivity contribution in [3.05, 3.63) is 29.8 Å². The van der Waals surface area contributed by atoms with Crippen LogP contribution in [0.2, 0.25) is 58.9 Å². The summed E-state index contributed by atoms with van der Waals surface area (Å²) in [6.07, 6.45) is 1.65. The number of hydrogen-bond donors (Lipinski definition) is 0. The molecular weight excluding hydrogens is 377 g/mol.